The van der Waals surface area contributed by atoms with E-state index in [4.69, 9.17) is 25.8 Å². The number of fused-ring (bicyclic) bond motifs is 1. The Balaban J connectivity index is 1.53. The van der Waals surface area contributed by atoms with Crippen molar-refractivity contribution in [3.63, 3.8) is 0 Å². The van der Waals surface area contributed by atoms with Crippen molar-refractivity contribution >= 4 is 28.3 Å². The molecule has 0 bridgehead atoms. The van der Waals surface area contributed by atoms with Gasteiger partial charge in [0, 0.05) is 43.8 Å². The van der Waals surface area contributed by atoms with Crippen molar-refractivity contribution < 1.29 is 14.2 Å². The van der Waals surface area contributed by atoms with E-state index in [1.807, 2.05) is 18.3 Å². The van der Waals surface area contributed by atoms with Crippen LogP contribution in [0.5, 0.6) is 5.88 Å². The number of nitrogens with one attached hydrogen (secondary N) is 1. The SMILES string of the molecule is Clc1cc2[nH]nc(-c3ccnc(N4CCOCC4)c3)c2c(OC2CCOCC2)n1. The molecule has 2 aliphatic heterocycles. The lowest BCUT2D eigenvalue weighted by molar-refractivity contribution is 0.0244. The van der Waals surface area contributed by atoms with E-state index >= 15 is 0 Å². The average molecular weight is 416 g/mol. The Morgan fingerprint density at radius 2 is 1.90 bits per heavy atom. The van der Waals surface area contributed by atoms with Crippen LogP contribution in [0.15, 0.2) is 24.4 Å². The summed E-state index contributed by atoms with van der Waals surface area (Å²) in [7, 11) is 0. The van der Waals surface area contributed by atoms with Crippen molar-refractivity contribution in [1.29, 1.82) is 0 Å². The number of hydrogen-bond donors (Lipinski definition) is 1. The lowest BCUT2D eigenvalue weighted by Crippen LogP contribution is -2.36. The van der Waals surface area contributed by atoms with E-state index < -0.39 is 0 Å². The van der Waals surface area contributed by atoms with Gasteiger partial charge in [0.05, 0.1) is 37.3 Å². The number of hydrogen-bond acceptors (Lipinski definition) is 7. The van der Waals surface area contributed by atoms with Crippen LogP contribution in [0.2, 0.25) is 5.15 Å². The molecule has 0 spiro atoms. The van der Waals surface area contributed by atoms with Crippen LogP contribution in [0, 0.1) is 0 Å². The van der Waals surface area contributed by atoms with Crippen LogP contribution in [0.1, 0.15) is 12.8 Å². The molecule has 152 valence electrons. The molecule has 2 aliphatic rings. The van der Waals surface area contributed by atoms with Crippen LogP contribution in [0.4, 0.5) is 5.82 Å². The Morgan fingerprint density at radius 1 is 1.10 bits per heavy atom. The maximum atomic E-state index is 6.24. The van der Waals surface area contributed by atoms with Crippen molar-refractivity contribution in [2.45, 2.75) is 18.9 Å². The number of halogens is 1. The largest absolute Gasteiger partial charge is 0.474 e. The summed E-state index contributed by atoms with van der Waals surface area (Å²) in [6, 6.07) is 5.77. The van der Waals surface area contributed by atoms with Gasteiger partial charge in [0.25, 0.3) is 0 Å². The van der Waals surface area contributed by atoms with E-state index in [9.17, 15) is 0 Å². The Labute approximate surface area is 173 Å². The molecular weight excluding hydrogens is 394 g/mol. The fourth-order valence-electron chi connectivity index (χ4n) is 3.76. The molecule has 0 radical (unpaired) electrons. The maximum Gasteiger partial charge on any atom is 0.226 e. The first-order valence-electron chi connectivity index (χ1n) is 9.86. The first kappa shape index (κ1) is 18.6. The van der Waals surface area contributed by atoms with Crippen LogP contribution in [0.3, 0.4) is 0 Å². The minimum Gasteiger partial charge on any atom is -0.474 e. The molecule has 9 heteroatoms. The smallest absolute Gasteiger partial charge is 0.226 e. The molecular formula is C20H22ClN5O3. The highest BCUT2D eigenvalue weighted by Crippen LogP contribution is 2.36. The predicted octanol–water partition coefficient (Wildman–Crippen LogP) is 3.07. The summed E-state index contributed by atoms with van der Waals surface area (Å²) < 4.78 is 17.1. The van der Waals surface area contributed by atoms with E-state index in [0.29, 0.717) is 37.5 Å². The highest BCUT2D eigenvalue weighted by atomic mass is 35.5. The number of aromatic nitrogens is 4. The van der Waals surface area contributed by atoms with E-state index in [0.717, 1.165) is 53.9 Å². The Kier molecular flexibility index (Phi) is 5.22. The number of nitrogens with zero attached hydrogens (tertiary/aromatic N) is 4. The highest BCUT2D eigenvalue weighted by Gasteiger charge is 2.22. The molecule has 0 amide bonds. The zero-order valence-electron chi connectivity index (χ0n) is 15.9. The lowest BCUT2D eigenvalue weighted by atomic mass is 10.1. The van der Waals surface area contributed by atoms with Gasteiger partial charge in [0.1, 0.15) is 22.8 Å². The quantitative estimate of drug-likeness (QED) is 0.655. The van der Waals surface area contributed by atoms with Crippen LogP contribution in [0.25, 0.3) is 22.2 Å². The van der Waals surface area contributed by atoms with Gasteiger partial charge in [0.2, 0.25) is 5.88 Å². The van der Waals surface area contributed by atoms with Crippen LogP contribution in [-0.4, -0.2) is 65.8 Å². The predicted molar refractivity (Wildman–Crippen MR) is 110 cm³/mol. The summed E-state index contributed by atoms with van der Waals surface area (Å²) in [4.78, 5) is 11.2. The summed E-state index contributed by atoms with van der Waals surface area (Å²) in [6.45, 7) is 4.46. The van der Waals surface area contributed by atoms with Crippen molar-refractivity contribution in [2.24, 2.45) is 0 Å². The van der Waals surface area contributed by atoms with E-state index in [1.54, 1.807) is 6.07 Å². The van der Waals surface area contributed by atoms with Gasteiger partial charge in [-0.25, -0.2) is 9.97 Å². The Morgan fingerprint density at radius 3 is 2.72 bits per heavy atom. The van der Waals surface area contributed by atoms with Crippen LogP contribution in [-0.2, 0) is 9.47 Å². The number of ether oxygens (including phenoxy) is 3. The maximum absolute atomic E-state index is 6.24. The minimum atomic E-state index is 0.0574. The molecule has 0 saturated carbocycles. The number of aromatic amines is 1. The number of anilines is 1. The fourth-order valence-corrected chi connectivity index (χ4v) is 3.94. The zero-order valence-corrected chi connectivity index (χ0v) is 16.7. The summed E-state index contributed by atoms with van der Waals surface area (Å²) >= 11 is 6.23. The van der Waals surface area contributed by atoms with Crippen molar-refractivity contribution in [2.75, 3.05) is 44.4 Å². The summed E-state index contributed by atoms with van der Waals surface area (Å²) in [6.07, 6.45) is 3.53. The van der Waals surface area contributed by atoms with Crippen LogP contribution < -0.4 is 9.64 Å². The molecule has 8 nitrogen and oxygen atoms in total. The van der Waals surface area contributed by atoms with Gasteiger partial charge in [-0.05, 0) is 12.1 Å². The topological polar surface area (TPSA) is 85.4 Å². The first-order valence-corrected chi connectivity index (χ1v) is 10.2. The van der Waals surface area contributed by atoms with Crippen molar-refractivity contribution in [3.8, 4) is 17.1 Å². The molecule has 0 unspecified atom stereocenters. The standard InChI is InChI=1S/C20H22ClN5O3/c21-16-12-15-18(20(23-16)29-14-2-7-27-8-3-14)19(25-24-15)13-1-4-22-17(11-13)26-5-9-28-10-6-26/h1,4,11-12,14H,2-3,5-10H2,(H,24,25). The van der Waals surface area contributed by atoms with E-state index in [1.165, 1.54) is 0 Å². The molecule has 5 heterocycles. The molecule has 2 saturated heterocycles. The fraction of sp³-hybridized carbons (Fsp3) is 0.450. The molecule has 29 heavy (non-hydrogen) atoms. The average Bonchev–Trinajstić information content (AvgIpc) is 3.19. The van der Waals surface area contributed by atoms with Gasteiger partial charge >= 0.3 is 0 Å². The molecule has 0 atom stereocenters. The van der Waals surface area contributed by atoms with Crippen molar-refractivity contribution in [1.82, 2.24) is 20.2 Å². The Bertz CT molecular complexity index is 999. The first-order chi connectivity index (χ1) is 14.3. The summed E-state index contributed by atoms with van der Waals surface area (Å²) in [5, 5.41) is 8.83. The zero-order chi connectivity index (χ0) is 19.6. The lowest BCUT2D eigenvalue weighted by Gasteiger charge is -2.28. The minimum absolute atomic E-state index is 0.0574. The normalized spacial score (nSPS) is 18.3. The van der Waals surface area contributed by atoms with E-state index in [2.05, 4.69) is 25.1 Å². The third-order valence-corrected chi connectivity index (χ3v) is 5.47. The molecule has 0 aliphatic carbocycles. The number of rotatable bonds is 4. The van der Waals surface area contributed by atoms with Gasteiger partial charge < -0.3 is 19.1 Å². The monoisotopic (exact) mass is 415 g/mol. The van der Waals surface area contributed by atoms with Crippen LogP contribution >= 0.6 is 11.6 Å². The van der Waals surface area contributed by atoms with Gasteiger partial charge in [0.15, 0.2) is 0 Å². The second-order valence-electron chi connectivity index (χ2n) is 7.18. The number of H-pyrrole nitrogens is 1. The highest BCUT2D eigenvalue weighted by molar-refractivity contribution is 6.30. The summed E-state index contributed by atoms with van der Waals surface area (Å²) in [5.74, 6) is 1.42. The second kappa shape index (κ2) is 8.14. The van der Waals surface area contributed by atoms with Gasteiger partial charge in [-0.3, -0.25) is 5.10 Å². The molecule has 3 aromatic heterocycles. The van der Waals surface area contributed by atoms with Gasteiger partial charge in [-0.1, -0.05) is 11.6 Å². The third kappa shape index (κ3) is 3.88. The molecule has 0 aromatic carbocycles. The second-order valence-corrected chi connectivity index (χ2v) is 7.56. The third-order valence-electron chi connectivity index (χ3n) is 5.28. The van der Waals surface area contributed by atoms with E-state index in [-0.39, 0.29) is 6.10 Å². The molecule has 3 aromatic rings. The molecule has 2 fully saturated rings. The summed E-state index contributed by atoms with van der Waals surface area (Å²) in [5.41, 5.74) is 2.53. The van der Waals surface area contributed by atoms with Gasteiger partial charge in [-0.15, -0.1) is 0 Å². The molecule has 5 rings (SSSR count). The van der Waals surface area contributed by atoms with Gasteiger partial charge in [-0.2, -0.15) is 5.10 Å². The van der Waals surface area contributed by atoms with Crippen molar-refractivity contribution in [3.05, 3.63) is 29.5 Å². The molecule has 1 N–H and O–H groups in total. The number of morpholine rings is 1. The Hall–Kier alpha value is -2.42. The number of pyridine rings is 2.